The van der Waals surface area contributed by atoms with E-state index in [1.807, 2.05) is 36.4 Å². The maximum Gasteiger partial charge on any atom is 0.261 e. The zero-order valence-corrected chi connectivity index (χ0v) is 12.8. The molecule has 4 rings (SSSR count). The van der Waals surface area contributed by atoms with Gasteiger partial charge in [0.2, 0.25) is 0 Å². The lowest BCUT2D eigenvalue weighted by Gasteiger charge is -2.10. The van der Waals surface area contributed by atoms with Gasteiger partial charge in [-0.25, -0.2) is 0 Å². The topological polar surface area (TPSA) is 73.3 Å². The molecule has 2 aromatic carbocycles. The summed E-state index contributed by atoms with van der Waals surface area (Å²) in [5, 5.41) is 22.8. The van der Waals surface area contributed by atoms with Crippen LogP contribution >= 0.6 is 0 Å². The Morgan fingerprint density at radius 3 is 2.71 bits per heavy atom. The first-order valence-electron chi connectivity index (χ1n) is 7.66. The van der Waals surface area contributed by atoms with E-state index in [1.54, 1.807) is 0 Å². The molecule has 1 heterocycles. The zero-order valence-electron chi connectivity index (χ0n) is 12.8. The van der Waals surface area contributed by atoms with E-state index in [4.69, 9.17) is 0 Å². The molecule has 3 aromatic rings. The summed E-state index contributed by atoms with van der Waals surface area (Å²) in [6, 6.07) is 15.6. The second-order valence-electron chi connectivity index (χ2n) is 5.87. The maximum atomic E-state index is 11.9. The summed E-state index contributed by atoms with van der Waals surface area (Å²) in [4.78, 5) is 14.2. The van der Waals surface area contributed by atoms with Crippen LogP contribution in [0, 0.1) is 0 Å². The molecule has 0 atom stereocenters. The average molecular weight is 317 g/mol. The highest BCUT2D eigenvalue weighted by atomic mass is 16.3. The van der Waals surface area contributed by atoms with Gasteiger partial charge in [0.25, 0.3) is 5.56 Å². The molecule has 0 spiro atoms. The minimum absolute atomic E-state index is 0.0141. The molecule has 0 saturated heterocycles. The van der Waals surface area contributed by atoms with Crippen molar-refractivity contribution in [3.05, 3.63) is 80.5 Å². The van der Waals surface area contributed by atoms with Crippen LogP contribution in [0.25, 0.3) is 28.7 Å². The lowest BCUT2D eigenvalue weighted by atomic mass is 9.97. The fraction of sp³-hybridized carbons (Fsp3) is 0.0500. The van der Waals surface area contributed by atoms with E-state index in [1.165, 1.54) is 6.07 Å². The van der Waals surface area contributed by atoms with Gasteiger partial charge >= 0.3 is 0 Å². The van der Waals surface area contributed by atoms with Crippen LogP contribution in [0.5, 0.6) is 5.88 Å². The van der Waals surface area contributed by atoms with E-state index >= 15 is 0 Å². The number of nitrogens with one attached hydrogen (secondary N) is 1. The molecule has 4 nitrogen and oxygen atoms in total. The molecule has 4 heteroatoms. The summed E-state index contributed by atoms with van der Waals surface area (Å²) in [6.07, 6.45) is 4.11. The van der Waals surface area contributed by atoms with Gasteiger partial charge in [-0.05, 0) is 27.1 Å². The van der Waals surface area contributed by atoms with Gasteiger partial charge in [-0.15, -0.1) is 0 Å². The fourth-order valence-electron chi connectivity index (χ4n) is 3.18. The Kier molecular flexibility index (Phi) is 3.24. The second-order valence-corrected chi connectivity index (χ2v) is 5.87. The van der Waals surface area contributed by atoms with Gasteiger partial charge in [0.05, 0.1) is 5.22 Å². The second kappa shape index (κ2) is 5.42. The van der Waals surface area contributed by atoms with Crippen LogP contribution in [0.1, 0.15) is 12.0 Å². The van der Waals surface area contributed by atoms with Crippen molar-refractivity contribution < 1.29 is 10.2 Å². The number of pyridine rings is 1. The van der Waals surface area contributed by atoms with E-state index in [-0.39, 0.29) is 23.3 Å². The number of hydrogen-bond donors (Lipinski definition) is 3. The Balaban J connectivity index is 1.93. The summed E-state index contributed by atoms with van der Waals surface area (Å²) >= 11 is 0. The highest BCUT2D eigenvalue weighted by molar-refractivity contribution is 5.92. The summed E-state index contributed by atoms with van der Waals surface area (Å²) in [6.45, 7) is 0. The predicted octanol–water partition coefficient (Wildman–Crippen LogP) is 2.17. The molecular formula is C20H15NO3. The monoisotopic (exact) mass is 317 g/mol. The van der Waals surface area contributed by atoms with Gasteiger partial charge in [-0.3, -0.25) is 9.78 Å². The first-order valence-corrected chi connectivity index (χ1v) is 7.66. The SMILES string of the molecule is O=c1[nH]c(O)cc2c1=C(O)CC(=Cc1cccc3ccccc13)C=2. The number of hydrogen-bond acceptors (Lipinski definition) is 3. The van der Waals surface area contributed by atoms with Crippen molar-refractivity contribution in [2.75, 3.05) is 0 Å². The molecule has 0 fully saturated rings. The highest BCUT2D eigenvalue weighted by Gasteiger charge is 2.11. The first kappa shape index (κ1) is 14.3. The number of fused-ring (bicyclic) bond motifs is 2. The normalized spacial score (nSPS) is 15.3. The molecule has 0 amide bonds. The molecule has 1 aromatic heterocycles. The van der Waals surface area contributed by atoms with Gasteiger partial charge in [-0.1, -0.05) is 54.6 Å². The Hall–Kier alpha value is -3.27. The van der Waals surface area contributed by atoms with Crippen molar-refractivity contribution in [1.29, 1.82) is 0 Å². The first-order chi connectivity index (χ1) is 11.6. The Morgan fingerprint density at radius 1 is 1.04 bits per heavy atom. The van der Waals surface area contributed by atoms with E-state index in [0.717, 1.165) is 21.9 Å². The predicted molar refractivity (Wildman–Crippen MR) is 95.0 cm³/mol. The molecule has 24 heavy (non-hydrogen) atoms. The van der Waals surface area contributed by atoms with Crippen molar-refractivity contribution in [2.45, 2.75) is 6.42 Å². The molecule has 1 aliphatic rings. The summed E-state index contributed by atoms with van der Waals surface area (Å²) < 4.78 is 0. The number of aromatic hydroxyl groups is 1. The van der Waals surface area contributed by atoms with Crippen molar-refractivity contribution >= 4 is 28.7 Å². The lowest BCUT2D eigenvalue weighted by Crippen LogP contribution is -2.43. The maximum absolute atomic E-state index is 11.9. The summed E-state index contributed by atoms with van der Waals surface area (Å²) in [7, 11) is 0. The third kappa shape index (κ3) is 2.38. The van der Waals surface area contributed by atoms with Crippen molar-refractivity contribution in [2.24, 2.45) is 0 Å². The molecule has 0 unspecified atom stereocenters. The molecule has 0 radical (unpaired) electrons. The van der Waals surface area contributed by atoms with E-state index in [2.05, 4.69) is 23.2 Å². The minimum Gasteiger partial charge on any atom is -0.511 e. The van der Waals surface area contributed by atoms with Crippen LogP contribution in [-0.2, 0) is 0 Å². The van der Waals surface area contributed by atoms with Gasteiger partial charge < -0.3 is 10.2 Å². The summed E-state index contributed by atoms with van der Waals surface area (Å²) in [5.74, 6) is -0.200. The smallest absolute Gasteiger partial charge is 0.261 e. The lowest BCUT2D eigenvalue weighted by molar-refractivity contribution is 0.449. The van der Waals surface area contributed by atoms with Crippen LogP contribution in [0.4, 0.5) is 0 Å². The number of H-pyrrole nitrogens is 1. The number of rotatable bonds is 1. The Labute approximate surface area is 137 Å². The Morgan fingerprint density at radius 2 is 1.83 bits per heavy atom. The van der Waals surface area contributed by atoms with Gasteiger partial charge in [0.15, 0.2) is 5.88 Å². The number of aliphatic hydroxyl groups excluding tert-OH is 1. The summed E-state index contributed by atoms with van der Waals surface area (Å²) in [5.41, 5.74) is 1.44. The highest BCUT2D eigenvalue weighted by Crippen LogP contribution is 2.23. The van der Waals surface area contributed by atoms with Gasteiger partial charge in [-0.2, -0.15) is 0 Å². The van der Waals surface area contributed by atoms with Crippen LogP contribution in [0.2, 0.25) is 0 Å². The third-order valence-electron chi connectivity index (χ3n) is 4.21. The number of aromatic nitrogens is 1. The largest absolute Gasteiger partial charge is 0.511 e. The van der Waals surface area contributed by atoms with E-state index in [9.17, 15) is 15.0 Å². The van der Waals surface area contributed by atoms with Crippen LogP contribution in [-0.4, -0.2) is 15.2 Å². The molecule has 0 bridgehead atoms. The van der Waals surface area contributed by atoms with Gasteiger partial charge in [0.1, 0.15) is 5.76 Å². The van der Waals surface area contributed by atoms with Crippen molar-refractivity contribution in [3.63, 3.8) is 0 Å². The molecule has 0 saturated carbocycles. The van der Waals surface area contributed by atoms with Crippen LogP contribution in [0.15, 0.2) is 58.9 Å². The molecule has 1 aliphatic carbocycles. The van der Waals surface area contributed by atoms with Crippen molar-refractivity contribution in [3.8, 4) is 5.88 Å². The van der Waals surface area contributed by atoms with Crippen LogP contribution in [0.3, 0.4) is 0 Å². The molecule has 0 aliphatic heterocycles. The fourth-order valence-corrected chi connectivity index (χ4v) is 3.18. The van der Waals surface area contributed by atoms with E-state index in [0.29, 0.717) is 5.22 Å². The van der Waals surface area contributed by atoms with Crippen molar-refractivity contribution in [1.82, 2.24) is 4.98 Å². The van der Waals surface area contributed by atoms with Crippen LogP contribution < -0.4 is 16.0 Å². The minimum atomic E-state index is -0.483. The third-order valence-corrected chi connectivity index (χ3v) is 4.21. The number of aromatic amines is 1. The van der Waals surface area contributed by atoms with Gasteiger partial charge in [0, 0.05) is 12.5 Å². The number of aliphatic hydroxyl groups is 1. The standard InChI is InChI=1S/C20H15NO3/c22-17-10-12(9-15-11-18(23)21-20(24)19(15)17)8-14-6-3-5-13-4-1-2-7-16(13)14/h1-9,11,22-23H,10H2,(H,21,24). The van der Waals surface area contributed by atoms with E-state index < -0.39 is 5.56 Å². The number of benzene rings is 2. The molecular weight excluding hydrogens is 302 g/mol. The Bertz CT molecular complexity index is 1160. The molecule has 3 N–H and O–H groups in total. The average Bonchev–Trinajstić information content (AvgIpc) is 2.54. The molecule has 118 valence electrons. The zero-order chi connectivity index (χ0) is 16.7. The quantitative estimate of drug-likeness (QED) is 0.644.